The third-order valence-corrected chi connectivity index (χ3v) is 4.05. The maximum atomic E-state index is 5.61. The van der Waals surface area contributed by atoms with Crippen LogP contribution in [-0.4, -0.2) is 17.4 Å². The van der Waals surface area contributed by atoms with Crippen LogP contribution in [0, 0.1) is 5.92 Å². The van der Waals surface area contributed by atoms with Crippen molar-refractivity contribution in [1.29, 1.82) is 0 Å². The highest BCUT2D eigenvalue weighted by Crippen LogP contribution is 2.26. The molecule has 12 heavy (non-hydrogen) atoms. The van der Waals surface area contributed by atoms with E-state index in [4.69, 9.17) is 11.6 Å². The predicted molar refractivity (Wildman–Crippen MR) is 59.2 cm³/mol. The van der Waals surface area contributed by atoms with Crippen molar-refractivity contribution in [2.45, 2.75) is 38.5 Å². The van der Waals surface area contributed by atoms with Gasteiger partial charge in [0, 0.05) is 5.88 Å². The first-order valence-corrected chi connectivity index (χ1v) is 6.76. The third-order valence-electron chi connectivity index (χ3n) is 2.50. The minimum absolute atomic E-state index is 0.831. The number of hydrogen-bond donors (Lipinski definition) is 0. The summed E-state index contributed by atoms with van der Waals surface area (Å²) in [6.45, 7) is 0. The lowest BCUT2D eigenvalue weighted by Gasteiger charge is -2.20. The molecule has 0 aromatic carbocycles. The molecule has 0 unspecified atom stereocenters. The summed E-state index contributed by atoms with van der Waals surface area (Å²) in [6, 6.07) is 0. The molecule has 1 fully saturated rings. The fraction of sp³-hybridized carbons (Fsp3) is 1.00. The summed E-state index contributed by atoms with van der Waals surface area (Å²) in [6.07, 6.45) is 8.56. The lowest BCUT2D eigenvalue weighted by atomic mass is 9.91. The second-order valence-electron chi connectivity index (χ2n) is 3.62. The van der Waals surface area contributed by atoms with E-state index in [1.165, 1.54) is 50.0 Å². The molecule has 0 heterocycles. The standard InChI is InChI=1S/C10H19ClS/c11-7-4-8-12-9-10-5-2-1-3-6-10/h10H,1-9H2. The van der Waals surface area contributed by atoms with E-state index < -0.39 is 0 Å². The van der Waals surface area contributed by atoms with Crippen LogP contribution in [0.1, 0.15) is 38.5 Å². The molecule has 1 aliphatic carbocycles. The van der Waals surface area contributed by atoms with Crippen molar-refractivity contribution in [3.63, 3.8) is 0 Å². The van der Waals surface area contributed by atoms with Gasteiger partial charge in [-0.2, -0.15) is 11.8 Å². The lowest BCUT2D eigenvalue weighted by Crippen LogP contribution is -2.08. The molecular formula is C10H19ClS. The molecule has 0 amide bonds. The van der Waals surface area contributed by atoms with E-state index in [1.54, 1.807) is 0 Å². The molecule has 1 saturated carbocycles. The van der Waals surface area contributed by atoms with E-state index in [9.17, 15) is 0 Å². The van der Waals surface area contributed by atoms with Gasteiger partial charge in [0.25, 0.3) is 0 Å². The van der Waals surface area contributed by atoms with Gasteiger partial charge in [-0.1, -0.05) is 19.3 Å². The summed E-state index contributed by atoms with van der Waals surface area (Å²) in [7, 11) is 0. The first kappa shape index (κ1) is 10.7. The summed E-state index contributed by atoms with van der Waals surface area (Å²) < 4.78 is 0. The molecule has 1 rings (SSSR count). The highest BCUT2D eigenvalue weighted by atomic mass is 35.5. The van der Waals surface area contributed by atoms with Crippen LogP contribution < -0.4 is 0 Å². The molecule has 0 N–H and O–H groups in total. The van der Waals surface area contributed by atoms with Crippen LogP contribution in [0.5, 0.6) is 0 Å². The van der Waals surface area contributed by atoms with E-state index >= 15 is 0 Å². The molecule has 72 valence electrons. The van der Waals surface area contributed by atoms with Gasteiger partial charge in [0.1, 0.15) is 0 Å². The molecule has 0 aliphatic heterocycles. The molecule has 0 aromatic heterocycles. The fourth-order valence-corrected chi connectivity index (χ4v) is 3.23. The second kappa shape index (κ2) is 7.08. The smallest absolute Gasteiger partial charge is 0.0231 e. The van der Waals surface area contributed by atoms with E-state index in [1.807, 2.05) is 0 Å². The van der Waals surface area contributed by atoms with Crippen LogP contribution in [0.2, 0.25) is 0 Å². The van der Waals surface area contributed by atoms with E-state index in [0.717, 1.165) is 11.8 Å². The van der Waals surface area contributed by atoms with Gasteiger partial charge in [-0.05, 0) is 36.7 Å². The molecule has 0 spiro atoms. The van der Waals surface area contributed by atoms with Crippen LogP contribution in [-0.2, 0) is 0 Å². The van der Waals surface area contributed by atoms with Gasteiger partial charge in [-0.15, -0.1) is 11.6 Å². The number of alkyl halides is 1. The highest BCUT2D eigenvalue weighted by Gasteiger charge is 2.12. The van der Waals surface area contributed by atoms with E-state index in [0.29, 0.717) is 0 Å². The van der Waals surface area contributed by atoms with Gasteiger partial charge in [0.2, 0.25) is 0 Å². The number of thioether (sulfide) groups is 1. The molecule has 1 aliphatic rings. The quantitative estimate of drug-likeness (QED) is 0.485. The lowest BCUT2D eigenvalue weighted by molar-refractivity contribution is 0.391. The predicted octanol–water partition coefficient (Wildman–Crippen LogP) is 3.93. The Labute approximate surface area is 85.4 Å². The summed E-state index contributed by atoms with van der Waals surface area (Å²) in [4.78, 5) is 0. The van der Waals surface area contributed by atoms with Crippen LogP contribution in [0.3, 0.4) is 0 Å². The number of hydrogen-bond acceptors (Lipinski definition) is 1. The van der Waals surface area contributed by atoms with Gasteiger partial charge in [0.15, 0.2) is 0 Å². The highest BCUT2D eigenvalue weighted by molar-refractivity contribution is 7.99. The van der Waals surface area contributed by atoms with Gasteiger partial charge in [0.05, 0.1) is 0 Å². The summed E-state index contributed by atoms with van der Waals surface area (Å²) in [5, 5.41) is 0. The monoisotopic (exact) mass is 206 g/mol. The van der Waals surface area contributed by atoms with Crippen molar-refractivity contribution in [3.8, 4) is 0 Å². The summed E-state index contributed by atoms with van der Waals surface area (Å²) >= 11 is 7.71. The van der Waals surface area contributed by atoms with Crippen LogP contribution in [0.4, 0.5) is 0 Å². The van der Waals surface area contributed by atoms with Crippen molar-refractivity contribution in [2.75, 3.05) is 17.4 Å². The van der Waals surface area contributed by atoms with Gasteiger partial charge < -0.3 is 0 Å². The number of rotatable bonds is 5. The van der Waals surface area contributed by atoms with Crippen LogP contribution in [0.15, 0.2) is 0 Å². The first-order chi connectivity index (χ1) is 5.93. The minimum atomic E-state index is 0.831. The zero-order chi connectivity index (χ0) is 8.65. The maximum Gasteiger partial charge on any atom is 0.0231 e. The fourth-order valence-electron chi connectivity index (χ4n) is 1.76. The van der Waals surface area contributed by atoms with Crippen LogP contribution in [0.25, 0.3) is 0 Å². The first-order valence-electron chi connectivity index (χ1n) is 5.07. The summed E-state index contributed by atoms with van der Waals surface area (Å²) in [5.41, 5.74) is 0. The van der Waals surface area contributed by atoms with E-state index in [-0.39, 0.29) is 0 Å². The largest absolute Gasteiger partial charge is 0.162 e. The van der Waals surface area contributed by atoms with Gasteiger partial charge in [-0.25, -0.2) is 0 Å². The minimum Gasteiger partial charge on any atom is -0.162 e. The molecule has 0 atom stereocenters. The van der Waals surface area contributed by atoms with E-state index in [2.05, 4.69) is 11.8 Å². The Morgan fingerprint density at radius 1 is 1.17 bits per heavy atom. The molecule has 0 bridgehead atoms. The average molecular weight is 207 g/mol. The van der Waals surface area contributed by atoms with Crippen molar-refractivity contribution in [2.24, 2.45) is 5.92 Å². The summed E-state index contributed by atoms with van der Waals surface area (Å²) in [5.74, 6) is 4.51. The Hall–Kier alpha value is 0.640. The number of halogens is 1. The molecule has 0 radical (unpaired) electrons. The Morgan fingerprint density at radius 3 is 2.58 bits per heavy atom. The Morgan fingerprint density at radius 2 is 1.92 bits per heavy atom. The third kappa shape index (κ3) is 4.61. The van der Waals surface area contributed by atoms with Gasteiger partial charge >= 0.3 is 0 Å². The van der Waals surface area contributed by atoms with Crippen molar-refractivity contribution in [1.82, 2.24) is 0 Å². The molecule has 2 heteroatoms. The Kier molecular flexibility index (Phi) is 6.33. The van der Waals surface area contributed by atoms with Crippen LogP contribution >= 0.6 is 23.4 Å². The molecule has 0 saturated heterocycles. The molecular weight excluding hydrogens is 188 g/mol. The van der Waals surface area contributed by atoms with Gasteiger partial charge in [-0.3, -0.25) is 0 Å². The zero-order valence-electron chi connectivity index (χ0n) is 7.73. The SMILES string of the molecule is ClCCCSCC1CCCCC1. The van der Waals surface area contributed by atoms with Crippen molar-refractivity contribution < 1.29 is 0 Å². The Bertz CT molecular complexity index is 100. The van der Waals surface area contributed by atoms with Crippen molar-refractivity contribution >= 4 is 23.4 Å². The zero-order valence-corrected chi connectivity index (χ0v) is 9.30. The Balaban J connectivity index is 1.91. The maximum absolute atomic E-state index is 5.61. The second-order valence-corrected chi connectivity index (χ2v) is 5.15. The normalized spacial score (nSPS) is 19.8. The topological polar surface area (TPSA) is 0 Å². The van der Waals surface area contributed by atoms with Crippen molar-refractivity contribution in [3.05, 3.63) is 0 Å². The average Bonchev–Trinajstić information content (AvgIpc) is 2.14. The molecule has 0 aromatic rings. The molecule has 0 nitrogen and oxygen atoms in total.